The molecule has 0 spiro atoms. The van der Waals surface area contributed by atoms with Gasteiger partial charge in [-0.15, -0.1) is 0 Å². The highest BCUT2D eigenvalue weighted by atomic mass is 16.4. The summed E-state index contributed by atoms with van der Waals surface area (Å²) in [5.41, 5.74) is 6.13. The topological polar surface area (TPSA) is 74.7 Å². The van der Waals surface area contributed by atoms with Gasteiger partial charge in [0.25, 0.3) is 0 Å². The first-order valence-corrected chi connectivity index (χ1v) is 6.36. The van der Waals surface area contributed by atoms with E-state index in [0.29, 0.717) is 5.56 Å². The lowest BCUT2D eigenvalue weighted by molar-refractivity contribution is 0.318. The highest BCUT2D eigenvalue weighted by Crippen LogP contribution is 2.26. The van der Waals surface area contributed by atoms with Gasteiger partial charge in [-0.2, -0.15) is 0 Å². The number of nitrogens with zero attached hydrogens (tertiary/aromatic N) is 3. The lowest BCUT2D eigenvalue weighted by atomic mass is 10.1. The van der Waals surface area contributed by atoms with Crippen molar-refractivity contribution in [2.75, 3.05) is 18.5 Å². The Hall–Kier alpha value is -1.78. The van der Waals surface area contributed by atoms with Gasteiger partial charge in [-0.1, -0.05) is 18.0 Å². The zero-order valence-electron chi connectivity index (χ0n) is 10.7. The van der Waals surface area contributed by atoms with Crippen molar-refractivity contribution >= 4 is 11.7 Å². The van der Waals surface area contributed by atoms with Gasteiger partial charge >= 0.3 is 0 Å². The van der Waals surface area contributed by atoms with Gasteiger partial charge in [0.2, 0.25) is 0 Å². The van der Waals surface area contributed by atoms with Crippen molar-refractivity contribution in [1.29, 1.82) is 0 Å². The fraction of sp³-hybridized carbons (Fsp3) is 0.538. The number of anilines is 1. The fourth-order valence-electron chi connectivity index (χ4n) is 2.49. The minimum atomic E-state index is 0.0903. The summed E-state index contributed by atoms with van der Waals surface area (Å²) in [5, 5.41) is 11.5. The number of oxime groups is 1. The predicted molar refractivity (Wildman–Crippen MR) is 72.0 cm³/mol. The van der Waals surface area contributed by atoms with Crippen molar-refractivity contribution < 1.29 is 5.21 Å². The van der Waals surface area contributed by atoms with E-state index in [1.54, 1.807) is 6.20 Å². The van der Waals surface area contributed by atoms with Crippen molar-refractivity contribution in [3.8, 4) is 0 Å². The largest absolute Gasteiger partial charge is 0.409 e. The molecule has 0 aromatic carbocycles. The van der Waals surface area contributed by atoms with E-state index in [0.717, 1.165) is 18.3 Å². The fourth-order valence-corrected chi connectivity index (χ4v) is 2.49. The molecule has 1 aliphatic rings. The monoisotopic (exact) mass is 248 g/mol. The Bertz CT molecular complexity index is 410. The SMILES string of the molecule is CN(CC1CCCC1)c1ccc(C(N)=NO)cn1. The summed E-state index contributed by atoms with van der Waals surface area (Å²) in [6.45, 7) is 1.05. The molecule has 98 valence electrons. The highest BCUT2D eigenvalue weighted by Gasteiger charge is 2.17. The van der Waals surface area contributed by atoms with Gasteiger partial charge in [0.05, 0.1) is 0 Å². The average Bonchev–Trinajstić information content (AvgIpc) is 2.91. The smallest absolute Gasteiger partial charge is 0.171 e. The molecule has 1 fully saturated rings. The second-order valence-electron chi connectivity index (χ2n) is 4.92. The summed E-state index contributed by atoms with van der Waals surface area (Å²) in [4.78, 5) is 6.52. The average molecular weight is 248 g/mol. The predicted octanol–water partition coefficient (Wildman–Crippen LogP) is 1.80. The van der Waals surface area contributed by atoms with Crippen LogP contribution in [0.2, 0.25) is 0 Å². The van der Waals surface area contributed by atoms with Crippen molar-refractivity contribution in [2.45, 2.75) is 25.7 Å². The molecule has 5 heteroatoms. The van der Waals surface area contributed by atoms with Crippen LogP contribution in [0.1, 0.15) is 31.2 Å². The molecule has 0 atom stereocenters. The van der Waals surface area contributed by atoms with Crippen LogP contribution >= 0.6 is 0 Å². The van der Waals surface area contributed by atoms with Gasteiger partial charge in [0.1, 0.15) is 5.82 Å². The van der Waals surface area contributed by atoms with Crippen molar-refractivity contribution in [3.05, 3.63) is 23.9 Å². The highest BCUT2D eigenvalue weighted by molar-refractivity contribution is 5.96. The van der Waals surface area contributed by atoms with Gasteiger partial charge < -0.3 is 15.8 Å². The molecule has 1 saturated carbocycles. The summed E-state index contributed by atoms with van der Waals surface area (Å²) < 4.78 is 0. The van der Waals surface area contributed by atoms with E-state index >= 15 is 0 Å². The third-order valence-corrected chi connectivity index (χ3v) is 3.55. The van der Waals surface area contributed by atoms with Gasteiger partial charge in [0, 0.05) is 25.4 Å². The lowest BCUT2D eigenvalue weighted by Crippen LogP contribution is -2.25. The summed E-state index contributed by atoms with van der Waals surface area (Å²) in [5.74, 6) is 1.81. The van der Waals surface area contributed by atoms with Crippen LogP contribution in [-0.4, -0.2) is 29.6 Å². The third-order valence-electron chi connectivity index (χ3n) is 3.55. The number of hydrogen-bond donors (Lipinski definition) is 2. The van der Waals surface area contributed by atoms with E-state index < -0.39 is 0 Å². The van der Waals surface area contributed by atoms with Gasteiger partial charge in [-0.25, -0.2) is 4.98 Å². The van der Waals surface area contributed by atoms with Gasteiger partial charge in [-0.3, -0.25) is 0 Å². The summed E-state index contributed by atoms with van der Waals surface area (Å²) >= 11 is 0. The molecular weight excluding hydrogens is 228 g/mol. The van der Waals surface area contributed by atoms with Crippen LogP contribution in [0.3, 0.4) is 0 Å². The first-order valence-electron chi connectivity index (χ1n) is 6.36. The minimum absolute atomic E-state index is 0.0903. The number of amidine groups is 1. The van der Waals surface area contributed by atoms with Crippen LogP contribution in [0.5, 0.6) is 0 Å². The van der Waals surface area contributed by atoms with Crippen LogP contribution in [0.15, 0.2) is 23.5 Å². The van der Waals surface area contributed by atoms with Crippen LogP contribution in [-0.2, 0) is 0 Å². The molecule has 3 N–H and O–H groups in total. The summed E-state index contributed by atoms with van der Waals surface area (Å²) in [6.07, 6.45) is 7.00. The maximum Gasteiger partial charge on any atom is 0.171 e. The molecule has 5 nitrogen and oxygen atoms in total. The van der Waals surface area contributed by atoms with E-state index in [4.69, 9.17) is 10.9 Å². The molecule has 0 saturated heterocycles. The Morgan fingerprint density at radius 3 is 2.78 bits per heavy atom. The van der Waals surface area contributed by atoms with Crippen molar-refractivity contribution in [1.82, 2.24) is 4.98 Å². The van der Waals surface area contributed by atoms with E-state index in [1.165, 1.54) is 25.7 Å². The molecule has 2 rings (SSSR count). The Morgan fingerprint density at radius 2 is 2.22 bits per heavy atom. The number of aromatic nitrogens is 1. The molecule has 1 aliphatic carbocycles. The summed E-state index contributed by atoms with van der Waals surface area (Å²) in [6, 6.07) is 3.73. The van der Waals surface area contributed by atoms with Crippen LogP contribution in [0.25, 0.3) is 0 Å². The molecule has 0 unspecified atom stereocenters. The standard InChI is InChI=1S/C13H20N4O/c1-17(9-10-4-2-3-5-10)12-7-6-11(8-15-12)13(14)16-18/h6-8,10,18H,2-5,9H2,1H3,(H2,14,16). The molecular formula is C13H20N4O. The molecule has 18 heavy (non-hydrogen) atoms. The zero-order chi connectivity index (χ0) is 13.0. The zero-order valence-corrected chi connectivity index (χ0v) is 10.7. The Labute approximate surface area is 107 Å². The van der Waals surface area contributed by atoms with E-state index in [2.05, 4.69) is 22.1 Å². The maximum atomic E-state index is 8.58. The molecule has 0 amide bonds. The Kier molecular flexibility index (Phi) is 4.02. The quantitative estimate of drug-likeness (QED) is 0.369. The number of rotatable bonds is 4. The number of hydrogen-bond acceptors (Lipinski definition) is 4. The normalized spacial score (nSPS) is 17.1. The van der Waals surface area contributed by atoms with Gasteiger partial charge in [0.15, 0.2) is 5.84 Å². The third kappa shape index (κ3) is 2.91. The second-order valence-corrected chi connectivity index (χ2v) is 4.92. The van der Waals surface area contributed by atoms with Crippen molar-refractivity contribution in [2.24, 2.45) is 16.8 Å². The molecule has 0 bridgehead atoms. The minimum Gasteiger partial charge on any atom is -0.409 e. The van der Waals surface area contributed by atoms with Crippen LogP contribution < -0.4 is 10.6 Å². The Balaban J connectivity index is 1.99. The first kappa shape index (κ1) is 12.7. The second kappa shape index (κ2) is 5.71. The molecule has 1 heterocycles. The van der Waals surface area contributed by atoms with E-state index in [1.807, 2.05) is 12.1 Å². The lowest BCUT2D eigenvalue weighted by Gasteiger charge is -2.22. The maximum absolute atomic E-state index is 8.58. The van der Waals surface area contributed by atoms with Crippen LogP contribution in [0.4, 0.5) is 5.82 Å². The molecule has 0 aliphatic heterocycles. The Morgan fingerprint density at radius 1 is 1.50 bits per heavy atom. The van der Waals surface area contributed by atoms with Gasteiger partial charge in [-0.05, 0) is 30.9 Å². The molecule has 0 radical (unpaired) electrons. The first-order chi connectivity index (χ1) is 8.70. The van der Waals surface area contributed by atoms with Crippen molar-refractivity contribution in [3.63, 3.8) is 0 Å². The number of pyridine rings is 1. The van der Waals surface area contributed by atoms with E-state index in [-0.39, 0.29) is 5.84 Å². The molecule has 1 aromatic rings. The molecule has 1 aromatic heterocycles. The summed E-state index contributed by atoms with van der Waals surface area (Å²) in [7, 11) is 2.06. The van der Waals surface area contributed by atoms with Crippen LogP contribution in [0, 0.1) is 5.92 Å². The number of nitrogens with two attached hydrogens (primary N) is 1. The van der Waals surface area contributed by atoms with E-state index in [9.17, 15) is 0 Å².